The number of halogens is 1. The summed E-state index contributed by atoms with van der Waals surface area (Å²) in [4.78, 5) is 21.9. The van der Waals surface area contributed by atoms with Gasteiger partial charge in [-0.25, -0.2) is 0 Å². The average molecular weight is 354 g/mol. The quantitative estimate of drug-likeness (QED) is 0.554. The molecule has 0 radical (unpaired) electrons. The molecule has 1 aromatic carbocycles. The number of hydrogen-bond donors (Lipinski definition) is 3. The molecule has 1 aliphatic carbocycles. The van der Waals surface area contributed by atoms with E-state index in [0.29, 0.717) is 12.1 Å². The van der Waals surface area contributed by atoms with Gasteiger partial charge in [0, 0.05) is 23.8 Å². The molecule has 24 heavy (non-hydrogen) atoms. The van der Waals surface area contributed by atoms with Gasteiger partial charge in [0.1, 0.15) is 5.50 Å². The highest BCUT2D eigenvalue weighted by molar-refractivity contribution is 8.00. The smallest absolute Gasteiger partial charge is 0.306 e. The summed E-state index contributed by atoms with van der Waals surface area (Å²) in [6, 6.07) is 4.26. The van der Waals surface area contributed by atoms with Crippen molar-refractivity contribution in [2.75, 3.05) is 11.1 Å². The maximum absolute atomic E-state index is 13.3. The van der Waals surface area contributed by atoms with Crippen molar-refractivity contribution in [1.82, 2.24) is 10.6 Å². The number of amides is 1. The molecular weight excluding hydrogens is 335 g/mol. The van der Waals surface area contributed by atoms with Crippen LogP contribution in [0, 0.1) is 15.9 Å². The number of carbonyl (C=O) groups excluding carboxylic acids is 1. The minimum atomic E-state index is -0.922. The number of nitrogens with one attached hydrogen (secondary N) is 3. The first kappa shape index (κ1) is 17.1. The van der Waals surface area contributed by atoms with Crippen LogP contribution in [0.5, 0.6) is 0 Å². The lowest BCUT2D eigenvalue weighted by Crippen LogP contribution is -2.36. The number of nitrogens with zero attached hydrogens (tertiary/aromatic N) is 1. The first-order chi connectivity index (χ1) is 11.5. The van der Waals surface area contributed by atoms with Gasteiger partial charge >= 0.3 is 5.69 Å². The Labute approximate surface area is 142 Å². The Morgan fingerprint density at radius 2 is 2.00 bits per heavy atom. The molecule has 0 bridgehead atoms. The molecule has 2 aliphatic rings. The summed E-state index contributed by atoms with van der Waals surface area (Å²) >= 11 is 1.45. The lowest BCUT2D eigenvalue weighted by Gasteiger charge is -2.23. The molecular formula is C15H19FN4O3S. The van der Waals surface area contributed by atoms with Crippen LogP contribution in [-0.4, -0.2) is 34.2 Å². The van der Waals surface area contributed by atoms with Gasteiger partial charge in [0.25, 0.3) is 0 Å². The molecule has 2 fully saturated rings. The van der Waals surface area contributed by atoms with Crippen LogP contribution in [0.15, 0.2) is 18.2 Å². The van der Waals surface area contributed by atoms with Crippen LogP contribution < -0.4 is 16.0 Å². The Kier molecular flexibility index (Phi) is 5.32. The van der Waals surface area contributed by atoms with Gasteiger partial charge in [-0.2, -0.15) is 4.39 Å². The van der Waals surface area contributed by atoms with Crippen molar-refractivity contribution in [3.05, 3.63) is 34.1 Å². The summed E-state index contributed by atoms with van der Waals surface area (Å²) in [6.45, 7) is 0. The van der Waals surface area contributed by atoms with Gasteiger partial charge in [-0.3, -0.25) is 25.5 Å². The molecule has 9 heteroatoms. The van der Waals surface area contributed by atoms with Crippen LogP contribution in [0.4, 0.5) is 15.8 Å². The summed E-state index contributed by atoms with van der Waals surface area (Å²) in [5, 5.41) is 20.2. The fourth-order valence-corrected chi connectivity index (χ4v) is 4.08. The lowest BCUT2D eigenvalue weighted by atomic mass is 9.92. The SMILES string of the molecule is O=C(CSC1NC2CCCCC2N1)Nc1ccc(F)c([N+](=O)[O-])c1. The van der Waals surface area contributed by atoms with E-state index in [-0.39, 0.29) is 22.8 Å². The Morgan fingerprint density at radius 3 is 2.62 bits per heavy atom. The van der Waals surface area contributed by atoms with Crippen LogP contribution in [-0.2, 0) is 4.79 Å². The predicted molar refractivity (Wildman–Crippen MR) is 90.2 cm³/mol. The Morgan fingerprint density at radius 1 is 1.33 bits per heavy atom. The maximum Gasteiger partial charge on any atom is 0.306 e. The monoisotopic (exact) mass is 354 g/mol. The van der Waals surface area contributed by atoms with Gasteiger partial charge < -0.3 is 5.32 Å². The number of rotatable bonds is 5. The molecule has 130 valence electrons. The van der Waals surface area contributed by atoms with Gasteiger partial charge in [0.15, 0.2) is 0 Å². The second-order valence-electron chi connectivity index (χ2n) is 5.99. The van der Waals surface area contributed by atoms with Gasteiger partial charge in [-0.1, -0.05) is 12.8 Å². The normalized spacial score (nSPS) is 26.0. The van der Waals surface area contributed by atoms with Crippen molar-refractivity contribution in [1.29, 1.82) is 0 Å². The van der Waals surface area contributed by atoms with E-state index in [2.05, 4.69) is 16.0 Å². The topological polar surface area (TPSA) is 96.3 Å². The van der Waals surface area contributed by atoms with E-state index in [9.17, 15) is 19.3 Å². The Balaban J connectivity index is 1.49. The van der Waals surface area contributed by atoms with Crippen molar-refractivity contribution in [3.63, 3.8) is 0 Å². The zero-order valence-electron chi connectivity index (χ0n) is 13.0. The second kappa shape index (κ2) is 7.45. The van der Waals surface area contributed by atoms with Gasteiger partial charge in [-0.15, -0.1) is 11.8 Å². The average Bonchev–Trinajstić information content (AvgIpc) is 2.97. The minimum absolute atomic E-state index is 0.0337. The summed E-state index contributed by atoms with van der Waals surface area (Å²) in [7, 11) is 0. The number of hydrogen-bond acceptors (Lipinski definition) is 6. The third-order valence-corrected chi connectivity index (χ3v) is 5.34. The molecule has 3 N–H and O–H groups in total. The highest BCUT2D eigenvalue weighted by Gasteiger charge is 2.34. The molecule has 7 nitrogen and oxygen atoms in total. The summed E-state index contributed by atoms with van der Waals surface area (Å²) < 4.78 is 13.3. The number of benzene rings is 1. The Bertz CT molecular complexity index is 631. The molecule has 1 amide bonds. The molecule has 2 atom stereocenters. The first-order valence-corrected chi connectivity index (χ1v) is 8.95. The lowest BCUT2D eigenvalue weighted by molar-refractivity contribution is -0.387. The highest BCUT2D eigenvalue weighted by atomic mass is 32.2. The summed E-state index contributed by atoms with van der Waals surface area (Å²) in [5.74, 6) is -0.997. The van der Waals surface area contributed by atoms with Crippen LogP contribution in [0.2, 0.25) is 0 Å². The van der Waals surface area contributed by atoms with Crippen molar-refractivity contribution in [3.8, 4) is 0 Å². The highest BCUT2D eigenvalue weighted by Crippen LogP contribution is 2.26. The van der Waals surface area contributed by atoms with E-state index >= 15 is 0 Å². The molecule has 2 unspecified atom stereocenters. The molecule has 1 heterocycles. The van der Waals surface area contributed by atoms with E-state index in [4.69, 9.17) is 0 Å². The number of anilines is 1. The standard InChI is InChI=1S/C15H19FN4O3S/c16-10-6-5-9(7-13(10)20(22)23)17-14(21)8-24-15-18-11-3-1-2-4-12(11)19-15/h5-7,11-12,15,18-19H,1-4,8H2,(H,17,21). The maximum atomic E-state index is 13.3. The minimum Gasteiger partial charge on any atom is -0.325 e. The zero-order chi connectivity index (χ0) is 17.1. The van der Waals surface area contributed by atoms with E-state index in [1.54, 1.807) is 0 Å². The van der Waals surface area contributed by atoms with Crippen LogP contribution in [0.1, 0.15) is 25.7 Å². The van der Waals surface area contributed by atoms with Gasteiger partial charge in [-0.05, 0) is 25.0 Å². The van der Waals surface area contributed by atoms with E-state index in [0.717, 1.165) is 25.0 Å². The molecule has 1 aromatic rings. The van der Waals surface area contributed by atoms with E-state index < -0.39 is 16.4 Å². The third kappa shape index (κ3) is 4.03. The zero-order valence-corrected chi connectivity index (χ0v) is 13.8. The van der Waals surface area contributed by atoms with Gasteiger partial charge in [0.2, 0.25) is 11.7 Å². The molecule has 1 saturated carbocycles. The number of fused-ring (bicyclic) bond motifs is 1. The number of nitro groups is 1. The fourth-order valence-electron chi connectivity index (χ4n) is 3.15. The van der Waals surface area contributed by atoms with Crippen molar-refractivity contribution in [2.24, 2.45) is 0 Å². The van der Waals surface area contributed by atoms with Crippen molar-refractivity contribution < 1.29 is 14.1 Å². The number of carbonyl (C=O) groups is 1. The largest absolute Gasteiger partial charge is 0.325 e. The van der Waals surface area contributed by atoms with E-state index in [1.165, 1.54) is 30.7 Å². The van der Waals surface area contributed by atoms with Gasteiger partial charge in [0.05, 0.1) is 10.7 Å². The second-order valence-corrected chi connectivity index (χ2v) is 7.09. The predicted octanol–water partition coefficient (Wildman–Crippen LogP) is 2.19. The van der Waals surface area contributed by atoms with Crippen LogP contribution in [0.25, 0.3) is 0 Å². The van der Waals surface area contributed by atoms with E-state index in [1.807, 2.05) is 0 Å². The third-order valence-electron chi connectivity index (χ3n) is 4.30. The fraction of sp³-hybridized carbons (Fsp3) is 0.533. The summed E-state index contributed by atoms with van der Waals surface area (Å²) in [6.07, 6.45) is 4.77. The molecule has 3 rings (SSSR count). The molecule has 0 spiro atoms. The Hall–Kier alpha value is -1.71. The first-order valence-electron chi connectivity index (χ1n) is 7.90. The number of nitro benzene ring substituents is 1. The summed E-state index contributed by atoms with van der Waals surface area (Å²) in [5.41, 5.74) is -0.398. The molecule has 1 aliphatic heterocycles. The van der Waals surface area contributed by atoms with Crippen LogP contribution >= 0.6 is 11.8 Å². The molecule has 1 saturated heterocycles. The number of thioether (sulfide) groups is 1. The van der Waals surface area contributed by atoms with Crippen LogP contribution in [0.3, 0.4) is 0 Å². The van der Waals surface area contributed by atoms with Crippen molar-refractivity contribution in [2.45, 2.75) is 43.3 Å². The molecule has 0 aromatic heterocycles. The van der Waals surface area contributed by atoms with Crippen molar-refractivity contribution >= 4 is 29.0 Å².